The first-order valence-corrected chi connectivity index (χ1v) is 9.38. The average Bonchev–Trinajstić information content (AvgIpc) is 2.69. The Kier molecular flexibility index (Phi) is 7.47. The fraction of sp³-hybridized carbons (Fsp3) is 0.300. The van der Waals surface area contributed by atoms with Gasteiger partial charge in [-0.25, -0.2) is 0 Å². The number of carbonyl (C=O) groups excluding carboxylic acids is 1. The van der Waals surface area contributed by atoms with Gasteiger partial charge in [0.05, 0.1) is 17.7 Å². The molecule has 2 N–H and O–H groups in total. The summed E-state index contributed by atoms with van der Waals surface area (Å²) < 4.78 is 46.2. The zero-order chi connectivity index (χ0) is 23.4. The van der Waals surface area contributed by atoms with Crippen LogP contribution in [-0.4, -0.2) is 37.4 Å². The van der Waals surface area contributed by atoms with Crippen molar-refractivity contribution in [1.82, 2.24) is 5.32 Å². The Labute approximate surface area is 182 Å². The van der Waals surface area contributed by atoms with Crippen molar-refractivity contribution in [1.29, 1.82) is 5.26 Å². The summed E-state index contributed by atoms with van der Waals surface area (Å²) in [4.78, 5) is 12.5. The molecule has 0 aliphatic carbocycles. The van der Waals surface area contributed by atoms with Crippen LogP contribution in [0.2, 0.25) is 5.02 Å². The maximum Gasteiger partial charge on any atom is 0.573 e. The molecule has 2 aromatic rings. The Balaban J connectivity index is 2.11. The first-order chi connectivity index (χ1) is 14.4. The van der Waals surface area contributed by atoms with Crippen LogP contribution in [0.5, 0.6) is 11.5 Å². The molecule has 0 spiro atoms. The predicted molar refractivity (Wildman–Crippen MR) is 110 cm³/mol. The number of aryl methyl sites for hydroxylation is 1. The average molecular weight is 455 g/mol. The second-order valence-corrected chi connectivity index (χ2v) is 7.40. The lowest BCUT2D eigenvalue weighted by atomic mass is 9.87. The Morgan fingerprint density at radius 2 is 1.94 bits per heavy atom. The first kappa shape index (κ1) is 24.4. The van der Waals surface area contributed by atoms with E-state index in [2.05, 4.69) is 10.1 Å². The first-order valence-electron chi connectivity index (χ1n) is 9.01. The van der Waals surface area contributed by atoms with Crippen molar-refractivity contribution in [3.05, 3.63) is 52.0 Å². The van der Waals surface area contributed by atoms with E-state index in [0.29, 0.717) is 16.8 Å². The summed E-state index contributed by atoms with van der Waals surface area (Å²) in [7, 11) is 1.73. The maximum atomic E-state index is 12.5. The molecule has 6 nitrogen and oxygen atoms in total. The molecular weight excluding hydrogens is 435 g/mol. The fourth-order valence-electron chi connectivity index (χ4n) is 2.76. The van der Waals surface area contributed by atoms with E-state index in [4.69, 9.17) is 16.3 Å². The molecule has 0 saturated carbocycles. The van der Waals surface area contributed by atoms with Crippen molar-refractivity contribution >= 4 is 30.8 Å². The molecule has 164 valence electrons. The molecule has 0 aliphatic rings. The van der Waals surface area contributed by atoms with Gasteiger partial charge in [-0.2, -0.15) is 5.26 Å². The van der Waals surface area contributed by atoms with Crippen LogP contribution < -0.4 is 20.3 Å². The Bertz CT molecular complexity index is 1010. The van der Waals surface area contributed by atoms with Crippen molar-refractivity contribution in [3.63, 3.8) is 0 Å². The molecule has 0 radical (unpaired) electrons. The molecule has 0 bridgehead atoms. The van der Waals surface area contributed by atoms with Gasteiger partial charge in [-0.1, -0.05) is 17.1 Å². The number of benzene rings is 2. The smallest absolute Gasteiger partial charge is 0.488 e. The van der Waals surface area contributed by atoms with Crippen molar-refractivity contribution in [2.24, 2.45) is 0 Å². The molecule has 0 saturated heterocycles. The highest BCUT2D eigenvalue weighted by Gasteiger charge is 2.31. The predicted octanol–water partition coefficient (Wildman–Crippen LogP) is 2.39. The summed E-state index contributed by atoms with van der Waals surface area (Å²) in [5.41, 5.74) is 0.643. The van der Waals surface area contributed by atoms with Crippen LogP contribution in [0.15, 0.2) is 30.3 Å². The van der Waals surface area contributed by atoms with Crippen molar-refractivity contribution < 1.29 is 32.5 Å². The third-order valence-electron chi connectivity index (χ3n) is 4.48. The number of nitrogens with zero attached hydrogens (tertiary/aromatic N) is 1. The molecule has 0 fully saturated rings. The highest BCUT2D eigenvalue weighted by atomic mass is 35.5. The lowest BCUT2D eigenvalue weighted by molar-refractivity contribution is -0.274. The number of halogens is 4. The number of nitrogens with one attached hydrogen (secondary N) is 1. The van der Waals surface area contributed by atoms with Crippen LogP contribution in [0.25, 0.3) is 0 Å². The zero-order valence-electron chi connectivity index (χ0n) is 16.9. The molecule has 1 amide bonds. The quantitative estimate of drug-likeness (QED) is 0.627. The molecule has 31 heavy (non-hydrogen) atoms. The van der Waals surface area contributed by atoms with E-state index in [-0.39, 0.29) is 23.8 Å². The minimum Gasteiger partial charge on any atom is -0.488 e. The number of nitriles is 1. The van der Waals surface area contributed by atoms with Crippen molar-refractivity contribution in [2.75, 3.05) is 6.61 Å². The highest BCUT2D eigenvalue weighted by molar-refractivity contribution is 6.46. The van der Waals surface area contributed by atoms with Crippen LogP contribution >= 0.6 is 11.6 Å². The normalized spacial score (nSPS) is 13.1. The molecule has 0 aromatic heterocycles. The van der Waals surface area contributed by atoms with E-state index in [1.807, 2.05) is 6.07 Å². The van der Waals surface area contributed by atoms with Gasteiger partial charge in [0.1, 0.15) is 26.0 Å². The van der Waals surface area contributed by atoms with Gasteiger partial charge >= 0.3 is 6.36 Å². The van der Waals surface area contributed by atoms with Gasteiger partial charge in [0.25, 0.3) is 5.91 Å². The second-order valence-electron chi connectivity index (χ2n) is 7.03. The number of ether oxygens (including phenoxy) is 2. The van der Waals surface area contributed by atoms with E-state index in [0.717, 1.165) is 29.8 Å². The minimum atomic E-state index is -4.84. The number of hydrogen-bond donors (Lipinski definition) is 2. The van der Waals surface area contributed by atoms with Gasteiger partial charge in [0.2, 0.25) is 0 Å². The van der Waals surface area contributed by atoms with Crippen LogP contribution in [0.3, 0.4) is 0 Å². The molecule has 2 rings (SSSR count). The molecule has 1 atom stereocenters. The molecule has 0 heterocycles. The van der Waals surface area contributed by atoms with Gasteiger partial charge in [0, 0.05) is 5.56 Å². The van der Waals surface area contributed by atoms with Crippen molar-refractivity contribution in [2.45, 2.75) is 32.4 Å². The van der Waals surface area contributed by atoms with E-state index >= 15 is 0 Å². The summed E-state index contributed by atoms with van der Waals surface area (Å²) in [6.07, 6.45) is -4.84. The molecule has 1 unspecified atom stereocenters. The number of aliphatic hydroxyl groups is 1. The van der Waals surface area contributed by atoms with E-state index < -0.39 is 23.6 Å². The topological polar surface area (TPSA) is 91.6 Å². The molecule has 0 aliphatic heterocycles. The van der Waals surface area contributed by atoms with Crippen LogP contribution in [0, 0.1) is 18.3 Å². The number of alkyl halides is 3. The van der Waals surface area contributed by atoms with Crippen LogP contribution in [0.4, 0.5) is 13.2 Å². The summed E-state index contributed by atoms with van der Waals surface area (Å²) in [6.45, 7) is 2.78. The van der Waals surface area contributed by atoms with Crippen molar-refractivity contribution in [3.8, 4) is 17.6 Å². The Hall–Kier alpha value is -2.90. The van der Waals surface area contributed by atoms with Gasteiger partial charge in [-0.3, -0.25) is 4.79 Å². The maximum absolute atomic E-state index is 12.5. The van der Waals surface area contributed by atoms with Gasteiger partial charge < -0.3 is 19.9 Å². The minimum absolute atomic E-state index is 0.0352. The number of amides is 1. The standard InChI is InChI=1S/C20H19BClF3N2O4/c1-11-7-15(17(22)16(21)14(11)8-28)30-10-19(2,9-26)27-18(29)12-3-5-13(6-4-12)31-20(23,24)25/h3-7,28H,8,10,21H2,1-2H3,(H,27,29). The fourth-order valence-corrected chi connectivity index (χ4v) is 2.98. The van der Waals surface area contributed by atoms with Crippen LogP contribution in [0.1, 0.15) is 28.4 Å². The molecule has 2 aromatic carbocycles. The number of aliphatic hydroxyl groups excluding tert-OH is 1. The van der Waals surface area contributed by atoms with Gasteiger partial charge in [-0.15, -0.1) is 13.2 Å². The third kappa shape index (κ3) is 6.29. The second kappa shape index (κ2) is 9.50. The lowest BCUT2D eigenvalue weighted by Crippen LogP contribution is -2.49. The van der Waals surface area contributed by atoms with E-state index in [9.17, 15) is 28.3 Å². The van der Waals surface area contributed by atoms with E-state index in [1.165, 1.54) is 6.92 Å². The molecule has 11 heteroatoms. The van der Waals surface area contributed by atoms with Gasteiger partial charge in [-0.05, 0) is 55.3 Å². The summed E-state index contributed by atoms with van der Waals surface area (Å²) >= 11 is 6.29. The zero-order valence-corrected chi connectivity index (χ0v) is 17.7. The lowest BCUT2D eigenvalue weighted by Gasteiger charge is -2.24. The largest absolute Gasteiger partial charge is 0.573 e. The summed E-state index contributed by atoms with van der Waals surface area (Å²) in [5.74, 6) is -0.860. The highest BCUT2D eigenvalue weighted by Crippen LogP contribution is 2.27. The SMILES string of the molecule is Bc1c(Cl)c(OCC(C)(C#N)NC(=O)c2ccc(OC(F)(F)F)cc2)cc(C)c1CO. The van der Waals surface area contributed by atoms with Crippen LogP contribution in [-0.2, 0) is 6.61 Å². The number of hydrogen-bond acceptors (Lipinski definition) is 5. The van der Waals surface area contributed by atoms with E-state index in [1.54, 1.807) is 20.8 Å². The Morgan fingerprint density at radius 3 is 2.45 bits per heavy atom. The van der Waals surface area contributed by atoms with Gasteiger partial charge in [0.15, 0.2) is 5.54 Å². The Morgan fingerprint density at radius 1 is 1.32 bits per heavy atom. The number of rotatable bonds is 7. The number of carbonyl (C=O) groups is 1. The summed E-state index contributed by atoms with van der Waals surface area (Å²) in [5, 5.41) is 21.8. The molecular formula is C20H19BClF3N2O4. The summed E-state index contributed by atoms with van der Waals surface area (Å²) in [6, 6.07) is 7.86. The third-order valence-corrected chi connectivity index (χ3v) is 4.95. The monoisotopic (exact) mass is 454 g/mol.